The van der Waals surface area contributed by atoms with Gasteiger partial charge in [-0.15, -0.1) is 0 Å². The van der Waals surface area contributed by atoms with Crippen molar-refractivity contribution in [2.45, 2.75) is 27.2 Å². The van der Waals surface area contributed by atoms with Crippen molar-refractivity contribution >= 4 is 11.4 Å². The van der Waals surface area contributed by atoms with E-state index in [0.717, 1.165) is 5.92 Å². The summed E-state index contributed by atoms with van der Waals surface area (Å²) in [6.45, 7) is 7.54. The van der Waals surface area contributed by atoms with E-state index >= 15 is 0 Å². The Hall–Kier alpha value is -0.660. The summed E-state index contributed by atoms with van der Waals surface area (Å²) in [5.74, 6) is 2.04. The number of hydrogen-bond donors (Lipinski definition) is 0. The molecule has 0 aromatic rings. The standard InChI is InChI=1S/C10H16N2/c1-6-4-7(2)9-10(8(6)3)12-5-11-9/h6-8H,4-5H2,1-3H3. The molecule has 0 aromatic carbocycles. The maximum absolute atomic E-state index is 4.45. The van der Waals surface area contributed by atoms with Crippen LogP contribution in [0.25, 0.3) is 0 Å². The zero-order valence-electron chi connectivity index (χ0n) is 8.04. The minimum absolute atomic E-state index is 0.627. The second-order valence-electron chi connectivity index (χ2n) is 4.13. The summed E-state index contributed by atoms with van der Waals surface area (Å²) in [6.07, 6.45) is 1.28. The molecule has 0 aromatic heterocycles. The van der Waals surface area contributed by atoms with Gasteiger partial charge in [0.15, 0.2) is 0 Å². The van der Waals surface area contributed by atoms with Gasteiger partial charge in [-0.2, -0.15) is 0 Å². The summed E-state index contributed by atoms with van der Waals surface area (Å²) < 4.78 is 0. The molecule has 66 valence electrons. The smallest absolute Gasteiger partial charge is 0.130 e. The maximum Gasteiger partial charge on any atom is 0.130 e. The first kappa shape index (κ1) is 7.96. The highest BCUT2D eigenvalue weighted by Crippen LogP contribution is 2.31. The number of nitrogens with zero attached hydrogens (tertiary/aromatic N) is 2. The number of hydrogen-bond acceptors (Lipinski definition) is 2. The molecule has 3 unspecified atom stereocenters. The largest absolute Gasteiger partial charge is 0.264 e. The zero-order chi connectivity index (χ0) is 8.72. The van der Waals surface area contributed by atoms with Gasteiger partial charge in [-0.1, -0.05) is 20.8 Å². The summed E-state index contributed by atoms with van der Waals surface area (Å²) in [6, 6.07) is 0. The van der Waals surface area contributed by atoms with E-state index in [2.05, 4.69) is 30.8 Å². The molecule has 2 nitrogen and oxygen atoms in total. The topological polar surface area (TPSA) is 24.7 Å². The Labute approximate surface area is 73.8 Å². The first-order valence-electron chi connectivity index (χ1n) is 4.79. The van der Waals surface area contributed by atoms with Gasteiger partial charge in [-0.3, -0.25) is 9.98 Å². The van der Waals surface area contributed by atoms with Crippen molar-refractivity contribution in [2.75, 3.05) is 6.67 Å². The van der Waals surface area contributed by atoms with Crippen LogP contribution in [0.5, 0.6) is 0 Å². The molecule has 0 spiro atoms. The molecule has 0 bridgehead atoms. The molecule has 1 fully saturated rings. The van der Waals surface area contributed by atoms with Gasteiger partial charge in [0.25, 0.3) is 0 Å². The Balaban J connectivity index is 2.30. The molecule has 2 rings (SSSR count). The van der Waals surface area contributed by atoms with E-state index in [9.17, 15) is 0 Å². The summed E-state index contributed by atoms with van der Waals surface area (Å²) in [5, 5.41) is 0. The lowest BCUT2D eigenvalue weighted by atomic mass is 9.74. The van der Waals surface area contributed by atoms with Crippen LogP contribution in [-0.4, -0.2) is 18.1 Å². The van der Waals surface area contributed by atoms with Crippen molar-refractivity contribution in [1.29, 1.82) is 0 Å². The molecule has 0 amide bonds. The average molecular weight is 164 g/mol. The summed E-state index contributed by atoms with van der Waals surface area (Å²) >= 11 is 0. The van der Waals surface area contributed by atoms with Gasteiger partial charge in [0, 0.05) is 11.8 Å². The Morgan fingerprint density at radius 1 is 1.08 bits per heavy atom. The van der Waals surface area contributed by atoms with Crippen LogP contribution in [-0.2, 0) is 0 Å². The molecule has 3 atom stereocenters. The Bertz CT molecular complexity index is 253. The number of fused-ring (bicyclic) bond motifs is 1. The zero-order valence-corrected chi connectivity index (χ0v) is 8.04. The van der Waals surface area contributed by atoms with Crippen molar-refractivity contribution in [3.8, 4) is 0 Å². The second-order valence-corrected chi connectivity index (χ2v) is 4.13. The van der Waals surface area contributed by atoms with Crippen molar-refractivity contribution in [2.24, 2.45) is 27.7 Å². The minimum Gasteiger partial charge on any atom is -0.264 e. The van der Waals surface area contributed by atoms with Gasteiger partial charge in [0.05, 0.1) is 11.4 Å². The average Bonchev–Trinajstić information content (AvgIpc) is 2.48. The molecule has 2 heteroatoms. The van der Waals surface area contributed by atoms with Gasteiger partial charge in [-0.25, -0.2) is 0 Å². The summed E-state index contributed by atoms with van der Waals surface area (Å²) in [4.78, 5) is 8.89. The fraction of sp³-hybridized carbons (Fsp3) is 0.800. The van der Waals surface area contributed by atoms with E-state index in [0.29, 0.717) is 18.5 Å². The number of aliphatic imine (C=N–C) groups is 2. The van der Waals surface area contributed by atoms with Gasteiger partial charge in [0.1, 0.15) is 6.67 Å². The van der Waals surface area contributed by atoms with E-state index in [4.69, 9.17) is 0 Å². The predicted octanol–water partition coefficient (Wildman–Crippen LogP) is 2.15. The lowest BCUT2D eigenvalue weighted by molar-refractivity contribution is 0.402. The first-order chi connectivity index (χ1) is 5.70. The SMILES string of the molecule is CC1CC(C)C(C)C2=NCN=C21. The highest BCUT2D eigenvalue weighted by atomic mass is 15.0. The molecule has 1 aliphatic carbocycles. The molecule has 1 aliphatic heterocycles. The van der Waals surface area contributed by atoms with Gasteiger partial charge >= 0.3 is 0 Å². The van der Waals surface area contributed by atoms with Crippen molar-refractivity contribution in [3.05, 3.63) is 0 Å². The molecule has 1 heterocycles. The molecule has 0 saturated heterocycles. The van der Waals surface area contributed by atoms with E-state index in [1.807, 2.05) is 0 Å². The van der Waals surface area contributed by atoms with E-state index < -0.39 is 0 Å². The lowest BCUT2D eigenvalue weighted by Gasteiger charge is -2.31. The van der Waals surface area contributed by atoms with Crippen LogP contribution in [0.2, 0.25) is 0 Å². The van der Waals surface area contributed by atoms with Crippen LogP contribution in [0.4, 0.5) is 0 Å². The second kappa shape index (κ2) is 2.68. The van der Waals surface area contributed by atoms with Gasteiger partial charge in [0.2, 0.25) is 0 Å². The van der Waals surface area contributed by atoms with Crippen molar-refractivity contribution < 1.29 is 0 Å². The van der Waals surface area contributed by atoms with Gasteiger partial charge in [-0.05, 0) is 12.3 Å². The fourth-order valence-electron chi connectivity index (χ4n) is 2.28. The summed E-state index contributed by atoms with van der Waals surface area (Å²) in [7, 11) is 0. The van der Waals surface area contributed by atoms with Crippen LogP contribution >= 0.6 is 0 Å². The Morgan fingerprint density at radius 2 is 1.75 bits per heavy atom. The predicted molar refractivity (Wildman–Crippen MR) is 51.8 cm³/mol. The quantitative estimate of drug-likeness (QED) is 0.524. The molecule has 2 aliphatic rings. The lowest BCUT2D eigenvalue weighted by Crippen LogP contribution is -2.36. The minimum atomic E-state index is 0.627. The highest BCUT2D eigenvalue weighted by molar-refractivity contribution is 6.45. The molecule has 1 saturated carbocycles. The first-order valence-corrected chi connectivity index (χ1v) is 4.79. The monoisotopic (exact) mass is 164 g/mol. The van der Waals surface area contributed by atoms with Gasteiger partial charge < -0.3 is 0 Å². The molecule has 0 radical (unpaired) electrons. The van der Waals surface area contributed by atoms with Crippen LogP contribution < -0.4 is 0 Å². The molecular weight excluding hydrogens is 148 g/mol. The van der Waals surface area contributed by atoms with Crippen LogP contribution in [0.3, 0.4) is 0 Å². The van der Waals surface area contributed by atoms with Crippen LogP contribution in [0.15, 0.2) is 9.98 Å². The van der Waals surface area contributed by atoms with Crippen LogP contribution in [0, 0.1) is 17.8 Å². The third-order valence-corrected chi connectivity index (χ3v) is 3.22. The fourth-order valence-corrected chi connectivity index (χ4v) is 2.28. The molecule has 12 heavy (non-hydrogen) atoms. The van der Waals surface area contributed by atoms with E-state index in [-0.39, 0.29) is 0 Å². The van der Waals surface area contributed by atoms with Crippen molar-refractivity contribution in [1.82, 2.24) is 0 Å². The van der Waals surface area contributed by atoms with E-state index in [1.54, 1.807) is 0 Å². The Kier molecular flexibility index (Phi) is 1.78. The van der Waals surface area contributed by atoms with Crippen LogP contribution in [0.1, 0.15) is 27.2 Å². The molecular formula is C10H16N2. The van der Waals surface area contributed by atoms with Crippen molar-refractivity contribution in [3.63, 3.8) is 0 Å². The third-order valence-electron chi connectivity index (χ3n) is 3.22. The maximum atomic E-state index is 4.45. The normalized spacial score (nSPS) is 40.4. The number of rotatable bonds is 0. The Morgan fingerprint density at radius 3 is 2.50 bits per heavy atom. The molecule has 0 N–H and O–H groups in total. The highest BCUT2D eigenvalue weighted by Gasteiger charge is 2.34. The third kappa shape index (κ3) is 1.01. The van der Waals surface area contributed by atoms with E-state index in [1.165, 1.54) is 17.8 Å². The summed E-state index contributed by atoms with van der Waals surface area (Å²) in [5.41, 5.74) is 2.59.